The molecule has 0 aliphatic heterocycles. The van der Waals surface area contributed by atoms with Gasteiger partial charge in [0.2, 0.25) is 0 Å². The minimum absolute atomic E-state index is 0.634. The Bertz CT molecular complexity index is 454. The molecule has 0 fully saturated rings. The molecule has 0 saturated carbocycles. The van der Waals surface area contributed by atoms with Crippen molar-refractivity contribution in [2.45, 2.75) is 19.3 Å². The lowest BCUT2D eigenvalue weighted by molar-refractivity contribution is 0.817. The van der Waals surface area contributed by atoms with Crippen LogP contribution in [0.25, 0.3) is 0 Å². The summed E-state index contributed by atoms with van der Waals surface area (Å²) in [6.07, 6.45) is 4.49. The minimum Gasteiger partial charge on any atom is -0.330 e. The van der Waals surface area contributed by atoms with Gasteiger partial charge in [0, 0.05) is 24.7 Å². The van der Waals surface area contributed by atoms with E-state index in [1.165, 1.54) is 5.56 Å². The Labute approximate surface area is 102 Å². The Kier molecular flexibility index (Phi) is 4.22. The Morgan fingerprint density at radius 1 is 0.941 bits per heavy atom. The lowest BCUT2D eigenvalue weighted by atomic mass is 10.1. The largest absolute Gasteiger partial charge is 0.330 e. The Hall–Kier alpha value is -1.74. The van der Waals surface area contributed by atoms with Crippen LogP contribution in [0.1, 0.15) is 17.1 Å². The van der Waals surface area contributed by atoms with Gasteiger partial charge in [-0.25, -0.2) is 9.97 Å². The highest BCUT2D eigenvalue weighted by Crippen LogP contribution is 2.04. The summed E-state index contributed by atoms with van der Waals surface area (Å²) in [5.74, 6) is 0.903. The maximum Gasteiger partial charge on any atom is 0.128 e. The molecule has 0 saturated heterocycles. The molecule has 0 bridgehead atoms. The number of rotatable bonds is 5. The highest BCUT2D eigenvalue weighted by Gasteiger charge is 2.00. The van der Waals surface area contributed by atoms with Crippen LogP contribution in [0.15, 0.2) is 42.6 Å². The van der Waals surface area contributed by atoms with Crippen LogP contribution in [-0.2, 0) is 19.3 Å². The second-order valence-corrected chi connectivity index (χ2v) is 3.99. The summed E-state index contributed by atoms with van der Waals surface area (Å²) in [4.78, 5) is 8.77. The van der Waals surface area contributed by atoms with E-state index in [2.05, 4.69) is 34.2 Å². The van der Waals surface area contributed by atoms with Crippen LogP contribution in [0, 0.1) is 0 Å². The number of nitrogens with two attached hydrogens (primary N) is 1. The van der Waals surface area contributed by atoms with Gasteiger partial charge in [0.15, 0.2) is 0 Å². The van der Waals surface area contributed by atoms with Crippen molar-refractivity contribution in [2.24, 2.45) is 5.73 Å². The number of aromatic nitrogens is 2. The fourth-order valence-corrected chi connectivity index (χ4v) is 1.75. The van der Waals surface area contributed by atoms with Crippen LogP contribution in [0.3, 0.4) is 0 Å². The van der Waals surface area contributed by atoms with Crippen molar-refractivity contribution in [3.05, 3.63) is 59.7 Å². The van der Waals surface area contributed by atoms with Crippen LogP contribution < -0.4 is 5.73 Å². The van der Waals surface area contributed by atoms with Gasteiger partial charge < -0.3 is 5.73 Å². The van der Waals surface area contributed by atoms with Crippen LogP contribution in [0.4, 0.5) is 0 Å². The van der Waals surface area contributed by atoms with Crippen molar-refractivity contribution in [3.63, 3.8) is 0 Å². The van der Waals surface area contributed by atoms with Gasteiger partial charge in [-0.05, 0) is 24.6 Å². The first-order valence-electron chi connectivity index (χ1n) is 5.93. The van der Waals surface area contributed by atoms with Gasteiger partial charge in [-0.1, -0.05) is 30.3 Å². The maximum atomic E-state index is 5.52. The first-order valence-corrected chi connectivity index (χ1v) is 5.93. The lowest BCUT2D eigenvalue weighted by Gasteiger charge is -2.03. The summed E-state index contributed by atoms with van der Waals surface area (Å²) in [7, 11) is 0. The van der Waals surface area contributed by atoms with Crippen LogP contribution in [0.5, 0.6) is 0 Å². The second-order valence-electron chi connectivity index (χ2n) is 3.99. The third-order valence-corrected chi connectivity index (χ3v) is 2.64. The predicted molar refractivity (Wildman–Crippen MR) is 68.6 cm³/mol. The molecule has 0 radical (unpaired) electrons. The molecule has 88 valence electrons. The smallest absolute Gasteiger partial charge is 0.128 e. The average Bonchev–Trinajstić information content (AvgIpc) is 2.39. The minimum atomic E-state index is 0.634. The van der Waals surface area contributed by atoms with Gasteiger partial charge in [0.25, 0.3) is 0 Å². The monoisotopic (exact) mass is 227 g/mol. The predicted octanol–water partition coefficient (Wildman–Crippen LogP) is 1.76. The molecule has 17 heavy (non-hydrogen) atoms. The van der Waals surface area contributed by atoms with E-state index in [-0.39, 0.29) is 0 Å². The summed E-state index contributed by atoms with van der Waals surface area (Å²) in [5, 5.41) is 0. The number of hydrogen-bond acceptors (Lipinski definition) is 3. The molecule has 1 heterocycles. The molecule has 1 aromatic heterocycles. The second kappa shape index (κ2) is 6.11. The highest BCUT2D eigenvalue weighted by atomic mass is 14.9. The summed E-state index contributed by atoms with van der Waals surface area (Å²) in [6.45, 7) is 0.634. The van der Waals surface area contributed by atoms with Gasteiger partial charge in [0.1, 0.15) is 5.82 Å². The molecule has 3 nitrogen and oxygen atoms in total. The van der Waals surface area contributed by atoms with E-state index < -0.39 is 0 Å². The van der Waals surface area contributed by atoms with Gasteiger partial charge in [-0.3, -0.25) is 0 Å². The van der Waals surface area contributed by atoms with Crippen molar-refractivity contribution >= 4 is 0 Å². The zero-order valence-corrected chi connectivity index (χ0v) is 9.84. The van der Waals surface area contributed by atoms with Gasteiger partial charge in [0.05, 0.1) is 0 Å². The Morgan fingerprint density at radius 3 is 2.53 bits per heavy atom. The summed E-state index contributed by atoms with van der Waals surface area (Å²) < 4.78 is 0. The molecule has 0 spiro atoms. The first kappa shape index (κ1) is 11.7. The van der Waals surface area contributed by atoms with Gasteiger partial charge in [-0.2, -0.15) is 0 Å². The number of benzene rings is 1. The van der Waals surface area contributed by atoms with E-state index in [0.29, 0.717) is 6.54 Å². The first-order chi connectivity index (χ1) is 8.38. The van der Waals surface area contributed by atoms with Crippen molar-refractivity contribution in [2.75, 3.05) is 6.54 Å². The SMILES string of the molecule is NCCc1ccnc(CCc2ccccc2)n1. The third kappa shape index (κ3) is 3.64. The summed E-state index contributed by atoms with van der Waals surface area (Å²) >= 11 is 0. The number of aryl methyl sites for hydroxylation is 2. The number of hydrogen-bond donors (Lipinski definition) is 1. The highest BCUT2D eigenvalue weighted by molar-refractivity contribution is 5.15. The Balaban J connectivity index is 1.97. The third-order valence-electron chi connectivity index (χ3n) is 2.64. The standard InChI is InChI=1S/C14H17N3/c15-10-8-13-9-11-16-14(17-13)7-6-12-4-2-1-3-5-12/h1-5,9,11H,6-8,10,15H2. The van der Waals surface area contributed by atoms with Gasteiger partial charge in [-0.15, -0.1) is 0 Å². The fourth-order valence-electron chi connectivity index (χ4n) is 1.75. The van der Waals surface area contributed by atoms with Crippen LogP contribution in [-0.4, -0.2) is 16.5 Å². The lowest BCUT2D eigenvalue weighted by Crippen LogP contribution is -2.07. The van der Waals surface area contributed by atoms with E-state index in [4.69, 9.17) is 5.73 Å². The molecule has 2 N–H and O–H groups in total. The van der Waals surface area contributed by atoms with E-state index in [1.54, 1.807) is 0 Å². The fraction of sp³-hybridized carbons (Fsp3) is 0.286. The summed E-state index contributed by atoms with van der Waals surface area (Å²) in [5.41, 5.74) is 7.87. The quantitative estimate of drug-likeness (QED) is 0.846. The van der Waals surface area contributed by atoms with Crippen molar-refractivity contribution < 1.29 is 0 Å². The van der Waals surface area contributed by atoms with Gasteiger partial charge >= 0.3 is 0 Å². The molecule has 0 aliphatic carbocycles. The molecular weight excluding hydrogens is 210 g/mol. The van der Waals surface area contributed by atoms with Crippen LogP contribution >= 0.6 is 0 Å². The Morgan fingerprint density at radius 2 is 1.76 bits per heavy atom. The van der Waals surface area contributed by atoms with E-state index >= 15 is 0 Å². The van der Waals surface area contributed by atoms with Crippen LogP contribution in [0.2, 0.25) is 0 Å². The molecular formula is C14H17N3. The molecule has 2 rings (SSSR count). The van der Waals surface area contributed by atoms with E-state index in [1.807, 2.05) is 18.3 Å². The van der Waals surface area contributed by atoms with Crippen molar-refractivity contribution in [1.29, 1.82) is 0 Å². The zero-order valence-electron chi connectivity index (χ0n) is 9.84. The molecule has 1 aromatic carbocycles. The molecule has 3 heteroatoms. The average molecular weight is 227 g/mol. The van der Waals surface area contributed by atoms with Crippen molar-refractivity contribution in [1.82, 2.24) is 9.97 Å². The van der Waals surface area contributed by atoms with Crippen molar-refractivity contribution in [3.8, 4) is 0 Å². The maximum absolute atomic E-state index is 5.52. The molecule has 0 amide bonds. The number of nitrogens with zero attached hydrogens (tertiary/aromatic N) is 2. The molecule has 0 aliphatic rings. The normalized spacial score (nSPS) is 10.4. The van der Waals surface area contributed by atoms with E-state index in [9.17, 15) is 0 Å². The van der Waals surface area contributed by atoms with E-state index in [0.717, 1.165) is 30.8 Å². The topological polar surface area (TPSA) is 51.8 Å². The zero-order chi connectivity index (χ0) is 11.9. The summed E-state index contributed by atoms with van der Waals surface area (Å²) in [6, 6.07) is 12.3. The molecule has 0 atom stereocenters. The molecule has 2 aromatic rings. The molecule has 0 unspecified atom stereocenters.